The maximum absolute atomic E-state index is 3.65. The lowest BCUT2D eigenvalue weighted by Crippen LogP contribution is -2.39. The number of nitrogens with one attached hydrogen (secondary N) is 1. The molecule has 0 spiro atoms. The van der Waals surface area contributed by atoms with Crippen LogP contribution in [0.3, 0.4) is 0 Å². The topological polar surface area (TPSA) is 12.0 Å². The van der Waals surface area contributed by atoms with Crippen LogP contribution in [0.2, 0.25) is 0 Å². The number of likely N-dealkylation sites (N-methyl/N-ethyl adjacent to an activating group) is 1. The lowest BCUT2D eigenvalue weighted by molar-refractivity contribution is 0.364. The van der Waals surface area contributed by atoms with E-state index in [1.807, 2.05) is 11.8 Å². The zero-order chi connectivity index (χ0) is 11.5. The summed E-state index contributed by atoms with van der Waals surface area (Å²) in [5, 5.41) is 3.65. The molecule has 0 saturated carbocycles. The van der Waals surface area contributed by atoms with Crippen molar-refractivity contribution in [2.75, 3.05) is 12.3 Å². The Morgan fingerprint density at radius 3 is 2.81 bits per heavy atom. The van der Waals surface area contributed by atoms with Gasteiger partial charge >= 0.3 is 0 Å². The summed E-state index contributed by atoms with van der Waals surface area (Å²) in [6, 6.07) is 9.48. The van der Waals surface area contributed by atoms with Crippen molar-refractivity contribution in [1.82, 2.24) is 5.32 Å². The molecule has 0 amide bonds. The Morgan fingerprint density at radius 2 is 2.12 bits per heavy atom. The highest BCUT2D eigenvalue weighted by Crippen LogP contribution is 2.42. The minimum atomic E-state index is 0.612. The molecule has 1 aromatic rings. The van der Waals surface area contributed by atoms with E-state index in [1.165, 1.54) is 10.6 Å². The van der Waals surface area contributed by atoms with E-state index in [4.69, 9.17) is 0 Å². The second kappa shape index (κ2) is 5.24. The van der Waals surface area contributed by atoms with Gasteiger partial charge in [-0.2, -0.15) is 0 Å². The van der Waals surface area contributed by atoms with E-state index in [0.29, 0.717) is 17.9 Å². The molecule has 2 heteroatoms. The minimum Gasteiger partial charge on any atom is -0.313 e. The Morgan fingerprint density at radius 1 is 1.38 bits per heavy atom. The molecule has 1 N–H and O–H groups in total. The zero-order valence-electron chi connectivity index (χ0n) is 10.4. The van der Waals surface area contributed by atoms with Crippen LogP contribution in [-0.2, 0) is 0 Å². The van der Waals surface area contributed by atoms with Crippen molar-refractivity contribution in [1.29, 1.82) is 0 Å². The highest BCUT2D eigenvalue weighted by molar-refractivity contribution is 7.99. The van der Waals surface area contributed by atoms with E-state index < -0.39 is 0 Å². The lowest BCUT2D eigenvalue weighted by atomic mass is 9.86. The highest BCUT2D eigenvalue weighted by Gasteiger charge is 2.31. The smallest absolute Gasteiger partial charge is 0.0167 e. The summed E-state index contributed by atoms with van der Waals surface area (Å²) in [4.78, 5) is 1.48. The van der Waals surface area contributed by atoms with Gasteiger partial charge in [0.05, 0.1) is 0 Å². The molecule has 0 bridgehead atoms. The molecule has 2 rings (SSSR count). The van der Waals surface area contributed by atoms with E-state index in [1.54, 1.807) is 5.56 Å². The first-order chi connectivity index (χ1) is 7.74. The predicted molar refractivity (Wildman–Crippen MR) is 72.2 cm³/mol. The van der Waals surface area contributed by atoms with Crippen LogP contribution in [0.15, 0.2) is 29.2 Å². The maximum atomic E-state index is 3.65. The summed E-state index contributed by atoms with van der Waals surface area (Å²) in [7, 11) is 0. The molecule has 0 aromatic heterocycles. The molecule has 1 heterocycles. The number of hydrogen-bond acceptors (Lipinski definition) is 2. The molecule has 1 aromatic carbocycles. The van der Waals surface area contributed by atoms with Crippen LogP contribution in [0.25, 0.3) is 0 Å². The third-order valence-electron chi connectivity index (χ3n) is 3.33. The van der Waals surface area contributed by atoms with E-state index in [0.717, 1.165) is 6.54 Å². The minimum absolute atomic E-state index is 0.612. The number of benzene rings is 1. The van der Waals surface area contributed by atoms with E-state index in [2.05, 4.69) is 50.4 Å². The van der Waals surface area contributed by atoms with Gasteiger partial charge < -0.3 is 5.32 Å². The van der Waals surface area contributed by atoms with Crippen molar-refractivity contribution >= 4 is 11.8 Å². The first-order valence-corrected chi connectivity index (χ1v) is 7.17. The molecule has 16 heavy (non-hydrogen) atoms. The van der Waals surface area contributed by atoms with Gasteiger partial charge in [-0.25, -0.2) is 0 Å². The summed E-state index contributed by atoms with van der Waals surface area (Å²) in [5.74, 6) is 2.60. The standard InChI is InChI=1S/C14H21NS/c1-4-15-14(10(2)3)12-9-16-13-8-6-5-7-11(12)13/h5-8,10,12,14-15H,4,9H2,1-3H3. The van der Waals surface area contributed by atoms with E-state index in [-0.39, 0.29) is 0 Å². The molecule has 2 atom stereocenters. The molecule has 0 saturated heterocycles. The zero-order valence-corrected chi connectivity index (χ0v) is 11.2. The van der Waals surface area contributed by atoms with E-state index >= 15 is 0 Å². The molecule has 1 nitrogen and oxygen atoms in total. The Kier molecular flexibility index (Phi) is 3.93. The lowest BCUT2D eigenvalue weighted by Gasteiger charge is -2.28. The van der Waals surface area contributed by atoms with Crippen molar-refractivity contribution < 1.29 is 0 Å². The van der Waals surface area contributed by atoms with Gasteiger partial charge in [0.1, 0.15) is 0 Å². The second-order valence-electron chi connectivity index (χ2n) is 4.78. The van der Waals surface area contributed by atoms with Crippen LogP contribution in [0.5, 0.6) is 0 Å². The molecular weight excluding hydrogens is 214 g/mol. The Bertz CT molecular complexity index is 348. The molecule has 2 unspecified atom stereocenters. The fraction of sp³-hybridized carbons (Fsp3) is 0.571. The van der Waals surface area contributed by atoms with Crippen LogP contribution >= 0.6 is 11.8 Å². The van der Waals surface area contributed by atoms with Crippen LogP contribution in [0, 0.1) is 5.92 Å². The normalized spacial score (nSPS) is 21.1. The van der Waals surface area contributed by atoms with Crippen LogP contribution < -0.4 is 5.32 Å². The van der Waals surface area contributed by atoms with Gasteiger partial charge in [-0.3, -0.25) is 0 Å². The fourth-order valence-electron chi connectivity index (χ4n) is 2.56. The van der Waals surface area contributed by atoms with Crippen molar-refractivity contribution in [3.05, 3.63) is 29.8 Å². The quantitative estimate of drug-likeness (QED) is 0.857. The number of thioether (sulfide) groups is 1. The second-order valence-corrected chi connectivity index (χ2v) is 5.84. The summed E-state index contributed by atoms with van der Waals surface area (Å²) in [6.45, 7) is 7.90. The fourth-order valence-corrected chi connectivity index (χ4v) is 3.87. The van der Waals surface area contributed by atoms with Gasteiger partial charge in [-0.1, -0.05) is 39.0 Å². The summed E-state index contributed by atoms with van der Waals surface area (Å²) in [6.07, 6.45) is 0. The SMILES string of the molecule is CCNC(C(C)C)C1CSc2ccccc21. The van der Waals surface area contributed by atoms with Gasteiger partial charge in [0.25, 0.3) is 0 Å². The molecule has 1 aliphatic heterocycles. The first-order valence-electron chi connectivity index (χ1n) is 6.19. The summed E-state index contributed by atoms with van der Waals surface area (Å²) >= 11 is 2.01. The Labute approximate surface area is 103 Å². The highest BCUT2D eigenvalue weighted by atomic mass is 32.2. The molecular formula is C14H21NS. The average molecular weight is 235 g/mol. The molecule has 0 radical (unpaired) electrons. The van der Waals surface area contributed by atoms with Gasteiger partial charge in [-0.15, -0.1) is 11.8 Å². The Hall–Kier alpha value is -0.470. The van der Waals surface area contributed by atoms with Crippen LogP contribution in [0.1, 0.15) is 32.3 Å². The van der Waals surface area contributed by atoms with Gasteiger partial charge in [0.15, 0.2) is 0 Å². The van der Waals surface area contributed by atoms with Crippen molar-refractivity contribution in [3.8, 4) is 0 Å². The first kappa shape index (κ1) is 12.0. The molecule has 88 valence electrons. The van der Waals surface area contributed by atoms with Gasteiger partial charge in [-0.05, 0) is 24.1 Å². The largest absolute Gasteiger partial charge is 0.313 e. The van der Waals surface area contributed by atoms with E-state index in [9.17, 15) is 0 Å². The Balaban J connectivity index is 2.22. The van der Waals surface area contributed by atoms with Crippen LogP contribution in [0.4, 0.5) is 0 Å². The third-order valence-corrected chi connectivity index (χ3v) is 4.54. The third kappa shape index (κ3) is 2.28. The number of hydrogen-bond donors (Lipinski definition) is 1. The predicted octanol–water partition coefficient (Wildman–Crippen LogP) is 3.51. The summed E-state index contributed by atoms with van der Waals surface area (Å²) in [5.41, 5.74) is 1.55. The van der Waals surface area contributed by atoms with Gasteiger partial charge in [0, 0.05) is 22.6 Å². The molecule has 0 aliphatic carbocycles. The summed E-state index contributed by atoms with van der Waals surface area (Å²) < 4.78 is 0. The monoisotopic (exact) mass is 235 g/mol. The van der Waals surface area contributed by atoms with Gasteiger partial charge in [0.2, 0.25) is 0 Å². The average Bonchev–Trinajstić information content (AvgIpc) is 2.69. The maximum Gasteiger partial charge on any atom is 0.0167 e. The van der Waals surface area contributed by atoms with Crippen LogP contribution in [-0.4, -0.2) is 18.3 Å². The molecule has 1 aliphatic rings. The molecule has 0 fully saturated rings. The van der Waals surface area contributed by atoms with Crippen molar-refractivity contribution in [2.24, 2.45) is 5.92 Å². The van der Waals surface area contributed by atoms with Crippen molar-refractivity contribution in [3.63, 3.8) is 0 Å². The number of rotatable bonds is 4. The van der Waals surface area contributed by atoms with Crippen molar-refractivity contribution in [2.45, 2.75) is 37.6 Å². The number of fused-ring (bicyclic) bond motifs is 1.